The zero-order chi connectivity index (χ0) is 9.14. The van der Waals surface area contributed by atoms with Crippen LogP contribution in [-0.4, -0.2) is 5.78 Å². The van der Waals surface area contributed by atoms with Crippen LogP contribution in [0.15, 0.2) is 27.6 Å². The third-order valence-corrected chi connectivity index (χ3v) is 2.24. The second-order valence-electron chi connectivity index (χ2n) is 2.47. The maximum absolute atomic E-state index is 11.3. The second-order valence-corrected chi connectivity index (χ2v) is 3.91. The van der Waals surface area contributed by atoms with Crippen LogP contribution in [0.2, 0.25) is 0 Å². The van der Waals surface area contributed by atoms with Crippen LogP contribution in [0.1, 0.15) is 23.7 Å². The van der Waals surface area contributed by atoms with Crippen molar-refractivity contribution in [3.8, 4) is 0 Å². The lowest BCUT2D eigenvalue weighted by Gasteiger charge is -2.00. The van der Waals surface area contributed by atoms with Crippen molar-refractivity contribution >= 4 is 34.3 Å². The summed E-state index contributed by atoms with van der Waals surface area (Å²) in [5.41, 5.74) is 0.719. The molecule has 0 aliphatic rings. The zero-order valence-electron chi connectivity index (χ0n) is 6.67. The average Bonchev–Trinajstić information content (AvgIpc) is 2.01. The van der Waals surface area contributed by atoms with Crippen LogP contribution in [-0.2, 0) is 0 Å². The lowest BCUT2D eigenvalue weighted by molar-refractivity contribution is 0.0988. The van der Waals surface area contributed by atoms with Crippen molar-refractivity contribution in [1.29, 1.82) is 0 Å². The Morgan fingerprint density at radius 1 is 1.50 bits per heavy atom. The number of thiol groups is 1. The summed E-state index contributed by atoms with van der Waals surface area (Å²) in [4.78, 5) is 12.1. The summed E-state index contributed by atoms with van der Waals surface area (Å²) >= 11 is 7.48. The minimum absolute atomic E-state index is 0.145. The van der Waals surface area contributed by atoms with Gasteiger partial charge in [-0.15, -0.1) is 12.6 Å². The first-order chi connectivity index (χ1) is 5.63. The van der Waals surface area contributed by atoms with Crippen molar-refractivity contribution in [3.05, 3.63) is 28.2 Å². The van der Waals surface area contributed by atoms with Crippen molar-refractivity contribution in [2.24, 2.45) is 0 Å². The number of hydrogen-bond donors (Lipinski definition) is 1. The third-order valence-electron chi connectivity index (χ3n) is 1.53. The fraction of sp³-hybridized carbons (Fsp3) is 0.222. The first-order valence-electron chi connectivity index (χ1n) is 3.66. The highest BCUT2D eigenvalue weighted by atomic mass is 79.9. The molecule has 0 fully saturated rings. The highest BCUT2D eigenvalue weighted by molar-refractivity contribution is 9.10. The summed E-state index contributed by atoms with van der Waals surface area (Å²) in [6, 6.07) is 5.45. The Bertz CT molecular complexity index is 289. The van der Waals surface area contributed by atoms with Crippen molar-refractivity contribution in [2.45, 2.75) is 18.2 Å². The topological polar surface area (TPSA) is 17.1 Å². The molecule has 1 nitrogen and oxygen atoms in total. The minimum Gasteiger partial charge on any atom is -0.294 e. The van der Waals surface area contributed by atoms with Crippen molar-refractivity contribution in [3.63, 3.8) is 0 Å². The van der Waals surface area contributed by atoms with E-state index >= 15 is 0 Å². The van der Waals surface area contributed by atoms with Crippen molar-refractivity contribution in [1.82, 2.24) is 0 Å². The van der Waals surface area contributed by atoms with Crippen LogP contribution in [0, 0.1) is 0 Å². The molecule has 0 saturated carbocycles. The monoisotopic (exact) mass is 244 g/mol. The van der Waals surface area contributed by atoms with Crippen molar-refractivity contribution < 1.29 is 4.79 Å². The van der Waals surface area contributed by atoms with Gasteiger partial charge in [-0.2, -0.15) is 0 Å². The molecule has 0 aromatic heterocycles. The number of hydrogen-bond acceptors (Lipinski definition) is 2. The summed E-state index contributed by atoms with van der Waals surface area (Å²) in [6.07, 6.45) is 0.531. The van der Waals surface area contributed by atoms with Crippen LogP contribution in [0.4, 0.5) is 0 Å². The fourth-order valence-corrected chi connectivity index (χ4v) is 1.89. The maximum Gasteiger partial charge on any atom is 0.162 e. The van der Waals surface area contributed by atoms with Gasteiger partial charge in [0.15, 0.2) is 5.78 Å². The Labute approximate surface area is 85.7 Å². The lowest BCUT2D eigenvalue weighted by atomic mass is 10.1. The Morgan fingerprint density at radius 2 is 2.17 bits per heavy atom. The average molecular weight is 245 g/mol. The van der Waals surface area contributed by atoms with E-state index in [0.717, 1.165) is 14.9 Å². The van der Waals surface area contributed by atoms with E-state index in [1.54, 1.807) is 6.07 Å². The van der Waals surface area contributed by atoms with E-state index in [1.807, 2.05) is 19.1 Å². The van der Waals surface area contributed by atoms with E-state index in [4.69, 9.17) is 0 Å². The molecule has 3 heteroatoms. The van der Waals surface area contributed by atoms with Gasteiger partial charge in [-0.05, 0) is 18.2 Å². The van der Waals surface area contributed by atoms with E-state index in [0.29, 0.717) is 6.42 Å². The number of carbonyl (C=O) groups is 1. The van der Waals surface area contributed by atoms with E-state index in [2.05, 4.69) is 28.6 Å². The normalized spacial score (nSPS) is 9.92. The molecule has 0 radical (unpaired) electrons. The standard InChI is InChI=1S/C9H9BrOS/c1-2-9(11)6-3-7(10)5-8(12)4-6/h3-5,12H,2H2,1H3. The molecule has 12 heavy (non-hydrogen) atoms. The lowest BCUT2D eigenvalue weighted by Crippen LogP contribution is -1.95. The SMILES string of the molecule is CCC(=O)c1cc(S)cc(Br)c1. The number of carbonyl (C=O) groups excluding carboxylic acids is 1. The quantitative estimate of drug-likeness (QED) is 0.624. The fourth-order valence-electron chi connectivity index (χ4n) is 0.939. The van der Waals surface area contributed by atoms with Gasteiger partial charge in [0.05, 0.1) is 0 Å². The van der Waals surface area contributed by atoms with Gasteiger partial charge in [0.25, 0.3) is 0 Å². The van der Waals surface area contributed by atoms with Gasteiger partial charge in [-0.3, -0.25) is 4.79 Å². The van der Waals surface area contributed by atoms with Crippen LogP contribution in [0.5, 0.6) is 0 Å². The summed E-state index contributed by atoms with van der Waals surface area (Å²) in [5, 5.41) is 0. The number of halogens is 1. The van der Waals surface area contributed by atoms with Gasteiger partial charge in [-0.25, -0.2) is 0 Å². The van der Waals surface area contributed by atoms with Crippen LogP contribution in [0.3, 0.4) is 0 Å². The van der Waals surface area contributed by atoms with Gasteiger partial charge in [0.1, 0.15) is 0 Å². The number of rotatable bonds is 2. The number of benzene rings is 1. The molecular formula is C9H9BrOS. The molecule has 0 aliphatic heterocycles. The third kappa shape index (κ3) is 2.35. The second kappa shape index (κ2) is 4.10. The van der Waals surface area contributed by atoms with E-state index < -0.39 is 0 Å². The molecule has 0 aliphatic carbocycles. The molecule has 0 saturated heterocycles. The molecule has 0 unspecified atom stereocenters. The molecule has 0 amide bonds. The summed E-state index contributed by atoms with van der Waals surface area (Å²) in [6.45, 7) is 1.85. The zero-order valence-corrected chi connectivity index (χ0v) is 9.15. The summed E-state index contributed by atoms with van der Waals surface area (Å²) in [5.74, 6) is 0.145. The summed E-state index contributed by atoms with van der Waals surface area (Å²) in [7, 11) is 0. The molecule has 1 aromatic carbocycles. The maximum atomic E-state index is 11.3. The van der Waals surface area contributed by atoms with E-state index in [1.165, 1.54) is 0 Å². The first-order valence-corrected chi connectivity index (χ1v) is 4.90. The molecule has 1 aromatic rings. The van der Waals surface area contributed by atoms with Crippen molar-refractivity contribution in [2.75, 3.05) is 0 Å². The number of ketones is 1. The first kappa shape index (κ1) is 9.81. The predicted molar refractivity (Wildman–Crippen MR) is 56.0 cm³/mol. The van der Waals surface area contributed by atoms with Crippen LogP contribution < -0.4 is 0 Å². The molecule has 0 heterocycles. The molecule has 0 N–H and O–H groups in total. The Morgan fingerprint density at radius 3 is 2.67 bits per heavy atom. The van der Waals surface area contributed by atoms with Gasteiger partial charge in [0, 0.05) is 21.4 Å². The molecule has 0 bridgehead atoms. The molecule has 0 atom stereocenters. The van der Waals surface area contributed by atoms with Gasteiger partial charge < -0.3 is 0 Å². The van der Waals surface area contributed by atoms with E-state index in [9.17, 15) is 4.79 Å². The summed E-state index contributed by atoms with van der Waals surface area (Å²) < 4.78 is 0.895. The predicted octanol–water partition coefficient (Wildman–Crippen LogP) is 3.33. The highest BCUT2D eigenvalue weighted by Gasteiger charge is 2.03. The molecule has 1 rings (SSSR count). The van der Waals surface area contributed by atoms with Gasteiger partial charge in [-0.1, -0.05) is 22.9 Å². The highest BCUT2D eigenvalue weighted by Crippen LogP contribution is 2.19. The Hall–Kier alpha value is -0.280. The molecule has 0 spiro atoms. The minimum atomic E-state index is 0.145. The Kier molecular flexibility index (Phi) is 3.35. The molecular weight excluding hydrogens is 236 g/mol. The van der Waals surface area contributed by atoms with Crippen LogP contribution in [0.25, 0.3) is 0 Å². The van der Waals surface area contributed by atoms with Gasteiger partial charge in [0.2, 0.25) is 0 Å². The largest absolute Gasteiger partial charge is 0.294 e. The van der Waals surface area contributed by atoms with E-state index in [-0.39, 0.29) is 5.78 Å². The Balaban J connectivity index is 3.08. The van der Waals surface area contributed by atoms with Crippen LogP contribution >= 0.6 is 28.6 Å². The van der Waals surface area contributed by atoms with Gasteiger partial charge >= 0.3 is 0 Å². The number of Topliss-reactive ketones (excluding diaryl/α,β-unsaturated/α-hetero) is 1. The molecule has 64 valence electrons. The smallest absolute Gasteiger partial charge is 0.162 e.